The molecule has 0 spiro atoms. The lowest BCUT2D eigenvalue weighted by Crippen LogP contribution is -2.45. The van der Waals surface area contributed by atoms with Crippen molar-refractivity contribution in [3.8, 4) is 0 Å². The summed E-state index contributed by atoms with van der Waals surface area (Å²) < 4.78 is 10.8. The number of rotatable bonds is 12. The van der Waals surface area contributed by atoms with Gasteiger partial charge in [0.05, 0.1) is 37.9 Å². The van der Waals surface area contributed by atoms with Gasteiger partial charge in [0.1, 0.15) is 6.61 Å². The number of ether oxygens (including phenoxy) is 1. The number of aliphatic hydroxyl groups is 1. The third-order valence-electron chi connectivity index (χ3n) is 5.18. The van der Waals surface area contributed by atoms with Gasteiger partial charge in [-0.2, -0.15) is 0 Å². The minimum absolute atomic E-state index is 0.0264. The maximum absolute atomic E-state index is 11.3. The van der Waals surface area contributed by atoms with Gasteiger partial charge in [-0.05, 0) is 23.7 Å². The second kappa shape index (κ2) is 14.5. The van der Waals surface area contributed by atoms with Crippen molar-refractivity contribution in [1.29, 1.82) is 0 Å². The average molecular weight is 499 g/mol. The molecule has 34 heavy (non-hydrogen) atoms. The van der Waals surface area contributed by atoms with Crippen LogP contribution in [0.5, 0.6) is 0 Å². The Labute approximate surface area is 201 Å². The average Bonchev–Trinajstić information content (AvgIpc) is 2.64. The molecule has 2 atom stereocenters. The van der Waals surface area contributed by atoms with Crippen molar-refractivity contribution >= 4 is 32.1 Å². The van der Waals surface area contributed by atoms with Gasteiger partial charge in [0.2, 0.25) is 11.8 Å². The fourth-order valence-corrected chi connectivity index (χ4v) is 3.82. The van der Waals surface area contributed by atoms with E-state index in [9.17, 15) is 24.3 Å². The number of hydrogen-bond acceptors (Lipinski definition) is 7. The molecule has 0 aliphatic carbocycles. The SMILES string of the molecule is CC(C)(C)[Si](C)(C)O[C@@H](CC(N)=O)CC(=O)O.NC(=O)C[C@H](O)CC(=O)OCc1ccccc1. The second-order valence-electron chi connectivity index (χ2n) is 9.44. The van der Waals surface area contributed by atoms with E-state index in [2.05, 4.69) is 20.8 Å². The molecule has 192 valence electrons. The van der Waals surface area contributed by atoms with Crippen LogP contribution in [0.3, 0.4) is 0 Å². The Morgan fingerprint density at radius 3 is 1.91 bits per heavy atom. The first-order valence-electron chi connectivity index (χ1n) is 10.9. The summed E-state index contributed by atoms with van der Waals surface area (Å²) in [6, 6.07) is 9.19. The molecule has 0 bridgehead atoms. The largest absolute Gasteiger partial charge is 0.481 e. The number of carboxylic acid groups (broad SMARTS) is 1. The Bertz CT molecular complexity index is 793. The third kappa shape index (κ3) is 14.4. The number of benzene rings is 1. The van der Waals surface area contributed by atoms with Gasteiger partial charge in [-0.15, -0.1) is 0 Å². The molecule has 0 fully saturated rings. The van der Waals surface area contributed by atoms with Crippen molar-refractivity contribution in [2.24, 2.45) is 11.5 Å². The van der Waals surface area contributed by atoms with E-state index in [0.29, 0.717) is 0 Å². The van der Waals surface area contributed by atoms with Gasteiger partial charge >= 0.3 is 11.9 Å². The molecule has 6 N–H and O–H groups in total. The summed E-state index contributed by atoms with van der Waals surface area (Å²) in [5, 5.41) is 18.0. The first kappa shape index (κ1) is 31.2. The van der Waals surface area contributed by atoms with Crippen LogP contribution in [0.2, 0.25) is 18.1 Å². The van der Waals surface area contributed by atoms with Gasteiger partial charge in [0.15, 0.2) is 8.32 Å². The molecule has 0 aromatic heterocycles. The van der Waals surface area contributed by atoms with E-state index in [0.717, 1.165) is 5.56 Å². The maximum atomic E-state index is 11.3. The lowest BCUT2D eigenvalue weighted by atomic mass is 10.2. The zero-order valence-corrected chi connectivity index (χ0v) is 21.6. The molecule has 2 amide bonds. The van der Waals surface area contributed by atoms with Crippen molar-refractivity contribution in [3.05, 3.63) is 35.9 Å². The summed E-state index contributed by atoms with van der Waals surface area (Å²) in [4.78, 5) is 43.4. The number of aliphatic carboxylic acids is 1. The summed E-state index contributed by atoms with van der Waals surface area (Å²) in [5.41, 5.74) is 10.8. The van der Waals surface area contributed by atoms with Crippen LogP contribution in [0.4, 0.5) is 0 Å². The lowest BCUT2D eigenvalue weighted by molar-refractivity contribution is -0.147. The van der Waals surface area contributed by atoms with Crippen molar-refractivity contribution in [2.45, 2.75) is 83.4 Å². The van der Waals surface area contributed by atoms with E-state index in [4.69, 9.17) is 25.7 Å². The zero-order valence-electron chi connectivity index (χ0n) is 20.6. The number of primary amides is 2. The molecular weight excluding hydrogens is 460 g/mol. The minimum atomic E-state index is -2.07. The van der Waals surface area contributed by atoms with Gasteiger partial charge in [-0.1, -0.05) is 51.1 Å². The summed E-state index contributed by atoms with van der Waals surface area (Å²) in [5.74, 6) is -2.71. The second-order valence-corrected chi connectivity index (χ2v) is 14.2. The van der Waals surface area contributed by atoms with E-state index in [1.165, 1.54) is 0 Å². The molecule has 0 unspecified atom stereocenters. The summed E-state index contributed by atoms with van der Waals surface area (Å²) in [6.07, 6.45) is -2.38. The number of amides is 2. The number of esters is 1. The monoisotopic (exact) mass is 498 g/mol. The molecule has 0 saturated carbocycles. The van der Waals surface area contributed by atoms with Gasteiger partial charge in [-0.3, -0.25) is 19.2 Å². The highest BCUT2D eigenvalue weighted by Crippen LogP contribution is 2.37. The van der Waals surface area contributed by atoms with Gasteiger partial charge < -0.3 is 30.8 Å². The van der Waals surface area contributed by atoms with Crippen LogP contribution in [0.1, 0.15) is 52.0 Å². The van der Waals surface area contributed by atoms with E-state index >= 15 is 0 Å². The van der Waals surface area contributed by atoms with Crippen LogP contribution in [0.25, 0.3) is 0 Å². The first-order valence-corrected chi connectivity index (χ1v) is 13.8. The van der Waals surface area contributed by atoms with E-state index in [-0.39, 0.29) is 37.3 Å². The highest BCUT2D eigenvalue weighted by Gasteiger charge is 2.39. The number of carbonyl (C=O) groups is 4. The van der Waals surface area contributed by atoms with Crippen LogP contribution in [0, 0.1) is 0 Å². The van der Waals surface area contributed by atoms with E-state index < -0.39 is 44.3 Å². The number of carboxylic acids is 1. The first-order chi connectivity index (χ1) is 15.5. The topological polar surface area (TPSA) is 179 Å². The molecular formula is C23H38N2O8Si. The fraction of sp³-hybridized carbons (Fsp3) is 0.565. The van der Waals surface area contributed by atoms with Crippen molar-refractivity contribution in [2.75, 3.05) is 0 Å². The molecule has 0 heterocycles. The molecule has 0 saturated heterocycles. The smallest absolute Gasteiger partial charge is 0.308 e. The van der Waals surface area contributed by atoms with Gasteiger partial charge in [-0.25, -0.2) is 0 Å². The summed E-state index contributed by atoms with van der Waals surface area (Å²) >= 11 is 0. The summed E-state index contributed by atoms with van der Waals surface area (Å²) in [7, 11) is -2.07. The van der Waals surface area contributed by atoms with Gasteiger partial charge in [0, 0.05) is 0 Å². The molecule has 0 radical (unpaired) electrons. The molecule has 11 heteroatoms. The van der Waals surface area contributed by atoms with Crippen molar-refractivity contribution in [1.82, 2.24) is 0 Å². The zero-order chi connectivity index (χ0) is 26.5. The molecule has 10 nitrogen and oxygen atoms in total. The Kier molecular flexibility index (Phi) is 13.3. The molecule has 0 aliphatic rings. The number of hydrogen-bond donors (Lipinski definition) is 4. The Morgan fingerprint density at radius 2 is 1.47 bits per heavy atom. The Morgan fingerprint density at radius 1 is 0.941 bits per heavy atom. The number of nitrogens with two attached hydrogens (primary N) is 2. The molecule has 1 aromatic rings. The van der Waals surface area contributed by atoms with Crippen LogP contribution in [-0.2, 0) is 34.9 Å². The predicted octanol–water partition coefficient (Wildman–Crippen LogP) is 2.08. The van der Waals surface area contributed by atoms with Crippen molar-refractivity contribution in [3.63, 3.8) is 0 Å². The molecule has 0 aliphatic heterocycles. The Hall–Kier alpha value is -2.76. The summed E-state index contributed by atoms with van der Waals surface area (Å²) in [6.45, 7) is 10.4. The van der Waals surface area contributed by atoms with E-state index in [1.807, 2.05) is 43.4 Å². The quantitative estimate of drug-likeness (QED) is 0.250. The van der Waals surface area contributed by atoms with Gasteiger partial charge in [0.25, 0.3) is 0 Å². The lowest BCUT2D eigenvalue weighted by Gasteiger charge is -2.38. The minimum Gasteiger partial charge on any atom is -0.481 e. The van der Waals surface area contributed by atoms with Crippen molar-refractivity contribution < 1.29 is 38.6 Å². The van der Waals surface area contributed by atoms with Crippen LogP contribution in [0.15, 0.2) is 30.3 Å². The maximum Gasteiger partial charge on any atom is 0.308 e. The number of carbonyl (C=O) groups excluding carboxylic acids is 3. The van der Waals surface area contributed by atoms with Crippen LogP contribution in [-0.4, -0.2) is 54.5 Å². The fourth-order valence-electron chi connectivity index (χ4n) is 2.46. The predicted molar refractivity (Wildman–Crippen MR) is 129 cm³/mol. The van der Waals surface area contributed by atoms with E-state index in [1.54, 1.807) is 0 Å². The highest BCUT2D eigenvalue weighted by atomic mass is 28.4. The van der Waals surface area contributed by atoms with Crippen LogP contribution >= 0.6 is 0 Å². The normalized spacial score (nSPS) is 13.1. The third-order valence-corrected chi connectivity index (χ3v) is 9.72. The standard InChI is InChI=1S/C12H15NO4.C11H23NO4Si/c13-11(15)6-10(14)7-12(16)17-8-9-4-2-1-3-5-9;1-11(2,3)17(4,5)16-8(6-9(12)13)7-10(14)15/h1-5,10,14H,6-8H2,(H2,13,15);8H,6-7H2,1-5H3,(H2,12,13)(H,14,15)/t10-;8-/m00/s1. The highest BCUT2D eigenvalue weighted by molar-refractivity contribution is 6.74. The van der Waals surface area contributed by atoms with Crippen LogP contribution < -0.4 is 11.5 Å². The number of aliphatic hydroxyl groups excluding tert-OH is 1. The molecule has 1 aromatic carbocycles. The Balaban J connectivity index is 0.000000641. The molecule has 1 rings (SSSR count).